The van der Waals surface area contributed by atoms with Crippen molar-refractivity contribution in [1.82, 2.24) is 5.32 Å². The molecule has 0 aliphatic carbocycles. The second-order valence-corrected chi connectivity index (χ2v) is 17.3. The van der Waals surface area contributed by atoms with Crippen LogP contribution in [-0.2, 0) is 28.6 Å². The summed E-state index contributed by atoms with van der Waals surface area (Å²) < 4.78 is 17.0. The lowest BCUT2D eigenvalue weighted by Crippen LogP contribution is -2.65. The molecule has 10 nitrogen and oxygen atoms in total. The van der Waals surface area contributed by atoms with Gasteiger partial charge in [0, 0.05) is 12.8 Å². The second kappa shape index (κ2) is 38.2. The maximum atomic E-state index is 13.5. The lowest BCUT2D eigenvalue weighted by atomic mass is 9.96. The van der Waals surface area contributed by atoms with E-state index in [0.29, 0.717) is 19.3 Å². The van der Waals surface area contributed by atoms with E-state index in [9.17, 15) is 29.7 Å². The number of rotatable bonds is 40. The van der Waals surface area contributed by atoms with Crippen molar-refractivity contribution in [3.8, 4) is 0 Å². The highest BCUT2D eigenvalue weighted by Crippen LogP contribution is 2.25. The van der Waals surface area contributed by atoms with E-state index in [-0.39, 0.29) is 18.8 Å². The number of aliphatic hydroxyl groups excluding tert-OH is 3. The number of amides is 1. The van der Waals surface area contributed by atoms with Gasteiger partial charge in [-0.25, -0.2) is 0 Å². The zero-order valence-electron chi connectivity index (χ0n) is 37.7. The number of ether oxygens (including phenoxy) is 3. The van der Waals surface area contributed by atoms with E-state index >= 15 is 0 Å². The first-order chi connectivity index (χ1) is 28.3. The van der Waals surface area contributed by atoms with Gasteiger partial charge in [-0.15, -0.1) is 0 Å². The van der Waals surface area contributed by atoms with E-state index in [1.54, 1.807) is 0 Å². The molecule has 1 aliphatic heterocycles. The minimum absolute atomic E-state index is 0.122. The van der Waals surface area contributed by atoms with Crippen LogP contribution in [0, 0.1) is 0 Å². The molecule has 6 atom stereocenters. The quantitative estimate of drug-likeness (QED) is 0.0349. The molecule has 0 spiro atoms. The van der Waals surface area contributed by atoms with E-state index < -0.39 is 55.2 Å². The molecule has 342 valence electrons. The Morgan fingerprint density at radius 3 is 1.34 bits per heavy atom. The molecule has 0 aromatic heterocycles. The van der Waals surface area contributed by atoms with Gasteiger partial charge in [0.25, 0.3) is 0 Å². The predicted octanol–water partition coefficient (Wildman–Crippen LogP) is 11.1. The molecule has 0 saturated carbocycles. The highest BCUT2D eigenvalue weighted by atomic mass is 16.6. The Hall–Kier alpha value is -1.75. The smallest absolute Gasteiger partial charge is 0.306 e. The van der Waals surface area contributed by atoms with Gasteiger partial charge in [-0.2, -0.15) is 0 Å². The number of unbranched alkanes of at least 4 members (excludes halogenated alkanes) is 28. The fourth-order valence-corrected chi connectivity index (χ4v) is 8.04. The maximum Gasteiger partial charge on any atom is 0.306 e. The lowest BCUT2D eigenvalue weighted by Gasteiger charge is -2.42. The van der Waals surface area contributed by atoms with Gasteiger partial charge in [0.1, 0.15) is 24.4 Å². The van der Waals surface area contributed by atoms with Gasteiger partial charge in [-0.1, -0.05) is 201 Å². The summed E-state index contributed by atoms with van der Waals surface area (Å²) in [5.41, 5.74) is 0. The summed E-state index contributed by atoms with van der Waals surface area (Å²) in [7, 11) is 0. The molecular weight excluding hydrogens is 735 g/mol. The Balaban J connectivity index is 2.67. The first kappa shape index (κ1) is 54.3. The molecule has 1 amide bonds. The van der Waals surface area contributed by atoms with Crippen LogP contribution in [0.5, 0.6) is 0 Å². The van der Waals surface area contributed by atoms with Gasteiger partial charge >= 0.3 is 11.9 Å². The molecule has 58 heavy (non-hydrogen) atoms. The molecule has 1 unspecified atom stereocenters. The van der Waals surface area contributed by atoms with Gasteiger partial charge in [-0.05, 0) is 25.7 Å². The largest absolute Gasteiger partial charge is 0.462 e. The average Bonchev–Trinajstić information content (AvgIpc) is 3.20. The van der Waals surface area contributed by atoms with Crippen LogP contribution in [0.25, 0.3) is 0 Å². The van der Waals surface area contributed by atoms with Gasteiger partial charge in [0.2, 0.25) is 5.91 Å². The summed E-state index contributed by atoms with van der Waals surface area (Å²) in [6.45, 7) is 6.09. The maximum absolute atomic E-state index is 13.5. The molecule has 1 rings (SSSR count). The standard InChI is InChI=1S/C48H91NO9/c1-4-7-10-13-16-19-21-24-27-30-33-36-43(52)56-40(35-32-29-26-23-18-15-12-9-6-3)38-42(51)49-45-47(46(54)41(39-50)57-48(45)55)58-44(53)37-34-31-28-25-22-20-17-14-11-8-5-2/h40-41,45-48,50,54-55H,4-39H2,1-3H3,(H,49,51)/t40-,41-,45-,46-,47-,48?/m1/s1. The number of hydrogen-bond acceptors (Lipinski definition) is 9. The number of esters is 2. The Morgan fingerprint density at radius 1 is 0.552 bits per heavy atom. The summed E-state index contributed by atoms with van der Waals surface area (Å²) in [6, 6.07) is -1.26. The fraction of sp³-hybridized carbons (Fsp3) is 0.938. The third-order valence-corrected chi connectivity index (χ3v) is 11.8. The van der Waals surface area contributed by atoms with E-state index in [0.717, 1.165) is 57.8 Å². The number of nitrogens with one attached hydrogen (secondary N) is 1. The monoisotopic (exact) mass is 826 g/mol. The Bertz CT molecular complexity index is 981. The Morgan fingerprint density at radius 2 is 0.931 bits per heavy atom. The van der Waals surface area contributed by atoms with Crippen LogP contribution in [-0.4, -0.2) is 76.5 Å². The van der Waals surface area contributed by atoms with Crippen LogP contribution < -0.4 is 5.32 Å². The summed E-state index contributed by atoms with van der Waals surface area (Å²) in [6.07, 6.45) is 30.7. The second-order valence-electron chi connectivity index (χ2n) is 17.3. The van der Waals surface area contributed by atoms with E-state index in [1.807, 2.05) is 0 Å². The molecule has 10 heteroatoms. The SMILES string of the molecule is CCCCCCCCCCCCCC(=O)O[C@H](CCCCCCCCCCC)CC(=O)N[C@H]1C(O)O[C@H](CO)[C@@H](O)[C@@H]1OC(=O)CCCCCCCCCCCCC. The number of carbonyl (C=O) groups is 3. The summed E-state index contributed by atoms with van der Waals surface area (Å²) in [5, 5.41) is 34.4. The summed E-state index contributed by atoms with van der Waals surface area (Å²) in [4.78, 5) is 39.4. The molecule has 0 bridgehead atoms. The van der Waals surface area contributed by atoms with Crippen molar-refractivity contribution in [3.63, 3.8) is 0 Å². The molecule has 1 fully saturated rings. The summed E-state index contributed by atoms with van der Waals surface area (Å²) in [5.74, 6) is -1.34. The van der Waals surface area contributed by atoms with Gasteiger partial charge in [0.05, 0.1) is 13.0 Å². The molecule has 1 aliphatic rings. The molecular formula is C48H91NO9. The molecule has 0 aromatic carbocycles. The van der Waals surface area contributed by atoms with Gasteiger partial charge in [-0.3, -0.25) is 14.4 Å². The van der Waals surface area contributed by atoms with Crippen LogP contribution in [0.2, 0.25) is 0 Å². The Labute approximate surface area is 355 Å². The highest BCUT2D eigenvalue weighted by molar-refractivity contribution is 5.78. The van der Waals surface area contributed by atoms with Crippen LogP contribution >= 0.6 is 0 Å². The minimum atomic E-state index is -1.62. The van der Waals surface area contributed by atoms with Gasteiger partial charge < -0.3 is 34.8 Å². The van der Waals surface area contributed by atoms with Crippen LogP contribution in [0.3, 0.4) is 0 Å². The zero-order chi connectivity index (χ0) is 42.5. The number of aliphatic hydroxyl groups is 3. The number of carbonyl (C=O) groups excluding carboxylic acids is 3. The molecule has 0 aromatic rings. The first-order valence-corrected chi connectivity index (χ1v) is 24.6. The minimum Gasteiger partial charge on any atom is -0.462 e. The van der Waals surface area contributed by atoms with Crippen molar-refractivity contribution >= 4 is 17.8 Å². The normalized spacial score (nSPS) is 19.9. The van der Waals surface area contributed by atoms with Crippen LogP contribution in [0.15, 0.2) is 0 Å². The lowest BCUT2D eigenvalue weighted by molar-refractivity contribution is -0.259. The number of hydrogen-bond donors (Lipinski definition) is 4. The molecule has 0 radical (unpaired) electrons. The third kappa shape index (κ3) is 28.7. The van der Waals surface area contributed by atoms with Crippen LogP contribution in [0.4, 0.5) is 0 Å². The topological polar surface area (TPSA) is 152 Å². The molecule has 1 saturated heterocycles. The summed E-state index contributed by atoms with van der Waals surface area (Å²) >= 11 is 0. The van der Waals surface area contributed by atoms with Crippen molar-refractivity contribution in [2.75, 3.05) is 6.61 Å². The van der Waals surface area contributed by atoms with Crippen molar-refractivity contribution in [1.29, 1.82) is 0 Å². The van der Waals surface area contributed by atoms with Crippen molar-refractivity contribution < 1.29 is 43.9 Å². The third-order valence-electron chi connectivity index (χ3n) is 11.8. The zero-order valence-corrected chi connectivity index (χ0v) is 37.7. The Kier molecular flexibility index (Phi) is 35.7. The van der Waals surface area contributed by atoms with Crippen molar-refractivity contribution in [2.45, 2.75) is 282 Å². The van der Waals surface area contributed by atoms with Gasteiger partial charge in [0.15, 0.2) is 12.4 Å². The van der Waals surface area contributed by atoms with Crippen molar-refractivity contribution in [2.24, 2.45) is 0 Å². The first-order valence-electron chi connectivity index (χ1n) is 24.6. The molecule has 1 heterocycles. The van der Waals surface area contributed by atoms with Crippen LogP contribution in [0.1, 0.15) is 245 Å². The van der Waals surface area contributed by atoms with E-state index in [1.165, 1.54) is 135 Å². The fourth-order valence-electron chi connectivity index (χ4n) is 8.04. The predicted molar refractivity (Wildman–Crippen MR) is 234 cm³/mol. The molecule has 4 N–H and O–H groups in total. The average molecular weight is 826 g/mol. The van der Waals surface area contributed by atoms with Crippen molar-refractivity contribution in [3.05, 3.63) is 0 Å². The highest BCUT2D eigenvalue weighted by Gasteiger charge is 2.47. The van der Waals surface area contributed by atoms with E-state index in [2.05, 4.69) is 26.1 Å². The van der Waals surface area contributed by atoms with E-state index in [4.69, 9.17) is 14.2 Å².